The van der Waals surface area contributed by atoms with Crippen LogP contribution in [0.1, 0.15) is 24.6 Å². The maximum Gasteiger partial charge on any atom is 0.444 e. The van der Waals surface area contributed by atoms with E-state index in [1.807, 2.05) is 6.92 Å². The minimum Gasteiger partial charge on any atom is -0.460 e. The first-order valence-corrected chi connectivity index (χ1v) is 8.32. The fraction of sp³-hybridized carbons (Fsp3) is 0.278. The van der Waals surface area contributed by atoms with Crippen LogP contribution in [0, 0.1) is 5.82 Å². The summed E-state index contributed by atoms with van der Waals surface area (Å²) in [6.07, 6.45) is -5.89. The molecule has 0 unspecified atom stereocenters. The summed E-state index contributed by atoms with van der Waals surface area (Å²) in [4.78, 5) is 3.65. The molecule has 2 rings (SSSR count). The zero-order chi connectivity index (χ0) is 20.9. The van der Waals surface area contributed by atoms with Crippen molar-refractivity contribution in [2.45, 2.75) is 32.1 Å². The number of benzene rings is 1. The van der Waals surface area contributed by atoms with Crippen LogP contribution >= 0.6 is 11.6 Å². The predicted octanol–water partition coefficient (Wildman–Crippen LogP) is 6.41. The van der Waals surface area contributed by atoms with Crippen molar-refractivity contribution < 1.29 is 35.8 Å². The van der Waals surface area contributed by atoms with Gasteiger partial charge in [-0.3, -0.25) is 4.98 Å². The first-order chi connectivity index (χ1) is 13.0. The van der Waals surface area contributed by atoms with Gasteiger partial charge in [-0.25, -0.2) is 4.39 Å². The van der Waals surface area contributed by atoms with E-state index in [0.29, 0.717) is 12.5 Å². The average molecular weight is 426 g/mol. The standard InChI is InChI=1S/C18H14ClF6NO2/c1-2-3-11-4-5-15(26-10-11)18(24,25)28-12-8-13(19)16(14(20)9-12)27-7-6-17(21,22)23/h4-10H,2-3H2,1H3. The van der Waals surface area contributed by atoms with Gasteiger partial charge in [0.15, 0.2) is 17.3 Å². The highest BCUT2D eigenvalue weighted by Gasteiger charge is 2.36. The summed E-state index contributed by atoms with van der Waals surface area (Å²) in [7, 11) is 0. The molecule has 1 aromatic carbocycles. The second-order valence-electron chi connectivity index (χ2n) is 5.60. The fourth-order valence-corrected chi connectivity index (χ4v) is 2.36. The molecule has 0 atom stereocenters. The lowest BCUT2D eigenvalue weighted by Crippen LogP contribution is -2.23. The molecule has 0 aliphatic carbocycles. The van der Waals surface area contributed by atoms with Crippen molar-refractivity contribution in [1.29, 1.82) is 0 Å². The fourth-order valence-electron chi connectivity index (χ4n) is 2.12. The summed E-state index contributed by atoms with van der Waals surface area (Å²) >= 11 is 5.69. The molecule has 28 heavy (non-hydrogen) atoms. The number of allylic oxidation sites excluding steroid dienone is 1. The summed E-state index contributed by atoms with van der Waals surface area (Å²) in [5.41, 5.74) is 0.0712. The zero-order valence-electron chi connectivity index (χ0n) is 14.4. The smallest absolute Gasteiger partial charge is 0.444 e. The minimum atomic E-state index is -4.67. The van der Waals surface area contributed by atoms with E-state index >= 15 is 0 Å². The summed E-state index contributed by atoms with van der Waals surface area (Å²) in [6.45, 7) is 1.93. The van der Waals surface area contributed by atoms with Gasteiger partial charge in [-0.2, -0.15) is 22.0 Å². The van der Waals surface area contributed by atoms with E-state index in [1.165, 1.54) is 12.3 Å². The number of ether oxygens (including phenoxy) is 2. The molecule has 0 saturated heterocycles. The second kappa shape index (κ2) is 8.72. The van der Waals surface area contributed by atoms with Gasteiger partial charge in [-0.1, -0.05) is 31.0 Å². The van der Waals surface area contributed by atoms with Gasteiger partial charge in [0.2, 0.25) is 0 Å². The molecule has 3 nitrogen and oxygen atoms in total. The molecule has 0 aliphatic heterocycles. The lowest BCUT2D eigenvalue weighted by Gasteiger charge is -2.18. The maximum absolute atomic E-state index is 14.2. The van der Waals surface area contributed by atoms with E-state index in [2.05, 4.69) is 14.5 Å². The largest absolute Gasteiger partial charge is 0.460 e. The monoisotopic (exact) mass is 425 g/mol. The van der Waals surface area contributed by atoms with Gasteiger partial charge in [-0.15, -0.1) is 0 Å². The van der Waals surface area contributed by atoms with Crippen LogP contribution in [0.4, 0.5) is 26.3 Å². The van der Waals surface area contributed by atoms with Gasteiger partial charge in [-0.05, 0) is 18.1 Å². The number of hydrogen-bond donors (Lipinski definition) is 0. The first kappa shape index (κ1) is 21.9. The van der Waals surface area contributed by atoms with Crippen molar-refractivity contribution in [2.24, 2.45) is 0 Å². The van der Waals surface area contributed by atoms with Gasteiger partial charge < -0.3 is 9.47 Å². The molecule has 0 saturated carbocycles. The van der Waals surface area contributed by atoms with E-state index in [4.69, 9.17) is 11.6 Å². The van der Waals surface area contributed by atoms with Crippen LogP contribution in [-0.2, 0) is 12.5 Å². The third-order valence-corrected chi connectivity index (χ3v) is 3.60. The quantitative estimate of drug-likeness (QED) is 0.379. The van der Waals surface area contributed by atoms with Crippen LogP contribution in [0.3, 0.4) is 0 Å². The van der Waals surface area contributed by atoms with Crippen LogP contribution in [0.5, 0.6) is 11.5 Å². The van der Waals surface area contributed by atoms with Crippen LogP contribution in [0.15, 0.2) is 42.8 Å². The Morgan fingerprint density at radius 3 is 2.39 bits per heavy atom. The summed E-state index contributed by atoms with van der Waals surface area (Å²) in [5, 5.41) is -0.552. The van der Waals surface area contributed by atoms with Crippen molar-refractivity contribution in [1.82, 2.24) is 4.98 Å². The Bertz CT molecular complexity index is 814. The van der Waals surface area contributed by atoms with Gasteiger partial charge in [0, 0.05) is 18.3 Å². The molecule has 1 heterocycles. The molecule has 0 radical (unpaired) electrons. The average Bonchev–Trinajstić information content (AvgIpc) is 2.57. The Balaban J connectivity index is 2.18. The highest BCUT2D eigenvalue weighted by Crippen LogP contribution is 2.37. The molecule has 2 aromatic rings. The number of aryl methyl sites for hydroxylation is 1. The highest BCUT2D eigenvalue weighted by atomic mass is 35.5. The number of halogens is 7. The Hall–Kier alpha value is -2.42. The number of pyridine rings is 1. The van der Waals surface area contributed by atoms with Gasteiger partial charge in [0.05, 0.1) is 17.4 Å². The Morgan fingerprint density at radius 2 is 1.86 bits per heavy atom. The van der Waals surface area contributed by atoms with Gasteiger partial charge >= 0.3 is 12.3 Å². The number of nitrogens with zero attached hydrogens (tertiary/aromatic N) is 1. The predicted molar refractivity (Wildman–Crippen MR) is 90.0 cm³/mol. The van der Waals surface area contributed by atoms with E-state index in [9.17, 15) is 26.3 Å². The lowest BCUT2D eigenvalue weighted by atomic mass is 10.1. The minimum absolute atomic E-state index is 0.182. The molecule has 0 amide bonds. The summed E-state index contributed by atoms with van der Waals surface area (Å²) < 4.78 is 87.5. The van der Waals surface area contributed by atoms with E-state index in [-0.39, 0.29) is 12.3 Å². The molecule has 0 N–H and O–H groups in total. The van der Waals surface area contributed by atoms with E-state index < -0.39 is 40.3 Å². The SMILES string of the molecule is CCCc1ccc(C(F)(F)Oc2cc(F)c(OC=CC(F)(F)F)c(Cl)c2)nc1. The van der Waals surface area contributed by atoms with Crippen molar-refractivity contribution >= 4 is 11.6 Å². The Kier molecular flexibility index (Phi) is 6.82. The molecular formula is C18H14ClF6NO2. The maximum atomic E-state index is 14.2. The van der Waals surface area contributed by atoms with Crippen LogP contribution < -0.4 is 9.47 Å². The highest BCUT2D eigenvalue weighted by molar-refractivity contribution is 6.32. The van der Waals surface area contributed by atoms with Crippen molar-refractivity contribution in [3.05, 3.63) is 64.9 Å². The number of aromatic nitrogens is 1. The van der Waals surface area contributed by atoms with Crippen molar-refractivity contribution in [3.63, 3.8) is 0 Å². The van der Waals surface area contributed by atoms with E-state index in [1.54, 1.807) is 0 Å². The second-order valence-corrected chi connectivity index (χ2v) is 6.01. The molecule has 0 bridgehead atoms. The molecule has 0 fully saturated rings. The number of alkyl halides is 5. The first-order valence-electron chi connectivity index (χ1n) is 7.94. The molecular weight excluding hydrogens is 412 g/mol. The Morgan fingerprint density at radius 1 is 1.14 bits per heavy atom. The third-order valence-electron chi connectivity index (χ3n) is 3.32. The van der Waals surface area contributed by atoms with Gasteiger partial charge in [0.1, 0.15) is 5.75 Å². The van der Waals surface area contributed by atoms with Crippen molar-refractivity contribution in [2.75, 3.05) is 0 Å². The number of hydrogen-bond acceptors (Lipinski definition) is 3. The van der Waals surface area contributed by atoms with Crippen LogP contribution in [0.2, 0.25) is 5.02 Å². The summed E-state index contributed by atoms with van der Waals surface area (Å²) in [6, 6.07) is 3.87. The topological polar surface area (TPSA) is 31.4 Å². The lowest BCUT2D eigenvalue weighted by molar-refractivity contribution is -0.188. The van der Waals surface area contributed by atoms with Gasteiger partial charge in [0.25, 0.3) is 0 Å². The molecule has 10 heteroatoms. The van der Waals surface area contributed by atoms with Crippen molar-refractivity contribution in [3.8, 4) is 11.5 Å². The van der Waals surface area contributed by atoms with Crippen LogP contribution in [0.25, 0.3) is 0 Å². The molecule has 0 spiro atoms. The molecule has 152 valence electrons. The Labute approximate surface area is 161 Å². The molecule has 0 aliphatic rings. The number of rotatable bonds is 7. The third kappa shape index (κ3) is 6.05. The van der Waals surface area contributed by atoms with Crippen LogP contribution in [-0.4, -0.2) is 11.2 Å². The van der Waals surface area contributed by atoms with E-state index in [0.717, 1.165) is 24.1 Å². The normalized spacial score (nSPS) is 12.4. The summed E-state index contributed by atoms with van der Waals surface area (Å²) in [5.74, 6) is -2.70. The molecule has 1 aromatic heterocycles. The zero-order valence-corrected chi connectivity index (χ0v) is 15.1.